The molecule has 1 aromatic rings. The summed E-state index contributed by atoms with van der Waals surface area (Å²) in [6.07, 6.45) is 0.894. The van der Waals surface area contributed by atoms with E-state index in [0.717, 1.165) is 12.0 Å². The first-order chi connectivity index (χ1) is 8.75. The van der Waals surface area contributed by atoms with Crippen LogP contribution < -0.4 is 0 Å². The highest BCUT2D eigenvalue weighted by atomic mass is 35.5. The van der Waals surface area contributed by atoms with Gasteiger partial charge < -0.3 is 5.11 Å². The second-order valence-electron chi connectivity index (χ2n) is 4.46. The Bertz CT molecular complexity index is 405. The van der Waals surface area contributed by atoms with Crippen LogP contribution in [-0.2, 0) is 9.79 Å². The average molecular weight is 284 g/mol. The quantitative estimate of drug-likeness (QED) is 0.520. The third kappa shape index (κ3) is 5.45. The third-order valence-electron chi connectivity index (χ3n) is 2.76. The van der Waals surface area contributed by atoms with Gasteiger partial charge in [-0.3, -0.25) is 4.90 Å². The molecule has 0 fully saturated rings. The molecule has 0 aliphatic rings. The summed E-state index contributed by atoms with van der Waals surface area (Å²) in [7, 11) is 4.01. The molecule has 19 heavy (non-hydrogen) atoms. The van der Waals surface area contributed by atoms with Crippen LogP contribution in [0.5, 0.6) is 0 Å². The Kier molecular flexibility index (Phi) is 7.42. The van der Waals surface area contributed by atoms with Crippen molar-refractivity contribution < 1.29 is 9.90 Å². The van der Waals surface area contributed by atoms with E-state index >= 15 is 0 Å². The predicted octanol–water partition coefficient (Wildman–Crippen LogP) is 3.70. The van der Waals surface area contributed by atoms with E-state index in [2.05, 4.69) is 25.6 Å². The summed E-state index contributed by atoms with van der Waals surface area (Å²) in [5, 5.41) is 7.89. The maximum atomic E-state index is 9.60. The van der Waals surface area contributed by atoms with E-state index in [9.17, 15) is 4.79 Å². The van der Waals surface area contributed by atoms with E-state index in [-0.39, 0.29) is 10.6 Å². The highest BCUT2D eigenvalue weighted by Crippen LogP contribution is 2.34. The van der Waals surface area contributed by atoms with Gasteiger partial charge in [0.2, 0.25) is 0 Å². The average Bonchev–Trinajstić information content (AvgIpc) is 2.39. The number of carboxylic acids is 1. The molecule has 0 radical (unpaired) electrons. The Hall–Kier alpha value is -1.32. The van der Waals surface area contributed by atoms with Crippen molar-refractivity contribution in [2.45, 2.75) is 25.3 Å². The zero-order valence-electron chi connectivity index (χ0n) is 12.0. The van der Waals surface area contributed by atoms with Gasteiger partial charge in [-0.15, -0.1) is 0 Å². The van der Waals surface area contributed by atoms with Crippen molar-refractivity contribution in [3.8, 4) is 0 Å². The third-order valence-corrected chi connectivity index (χ3v) is 3.58. The van der Waals surface area contributed by atoms with Crippen molar-refractivity contribution in [3.05, 3.63) is 48.0 Å². The van der Waals surface area contributed by atoms with Crippen LogP contribution in [0.2, 0.25) is 0 Å². The van der Waals surface area contributed by atoms with Gasteiger partial charge in [0, 0.05) is 5.57 Å². The lowest BCUT2D eigenvalue weighted by Gasteiger charge is -2.33. The van der Waals surface area contributed by atoms with Crippen molar-refractivity contribution in [3.63, 3.8) is 0 Å². The first-order valence-corrected chi connectivity index (χ1v) is 6.44. The summed E-state index contributed by atoms with van der Waals surface area (Å²) < 4.78 is 0. The van der Waals surface area contributed by atoms with Crippen molar-refractivity contribution in [1.82, 2.24) is 4.90 Å². The van der Waals surface area contributed by atoms with Crippen LogP contribution in [0, 0.1) is 0 Å². The SMILES string of the molecule is C=C(C)C(=O)O.CCC(Cl)(c1ccccc1)N(C)C. The van der Waals surface area contributed by atoms with Gasteiger partial charge in [-0.25, -0.2) is 4.79 Å². The van der Waals surface area contributed by atoms with E-state index in [1.54, 1.807) is 0 Å². The molecular weight excluding hydrogens is 262 g/mol. The number of alkyl halides is 1. The minimum absolute atomic E-state index is 0.176. The fourth-order valence-electron chi connectivity index (χ4n) is 1.47. The molecule has 1 rings (SSSR count). The molecular formula is C15H22ClNO2. The molecule has 0 aliphatic carbocycles. The van der Waals surface area contributed by atoms with E-state index in [0.29, 0.717) is 0 Å². The van der Waals surface area contributed by atoms with Gasteiger partial charge in [0.1, 0.15) is 5.00 Å². The molecule has 0 aliphatic heterocycles. The van der Waals surface area contributed by atoms with Crippen LogP contribution in [0.15, 0.2) is 42.5 Å². The van der Waals surface area contributed by atoms with Gasteiger partial charge in [-0.05, 0) is 33.0 Å². The van der Waals surface area contributed by atoms with E-state index in [4.69, 9.17) is 16.7 Å². The monoisotopic (exact) mass is 283 g/mol. The zero-order valence-corrected chi connectivity index (χ0v) is 12.7. The number of carboxylic acid groups (broad SMARTS) is 1. The maximum Gasteiger partial charge on any atom is 0.330 e. The van der Waals surface area contributed by atoms with Crippen molar-refractivity contribution in [2.24, 2.45) is 0 Å². The number of nitrogens with zero attached hydrogens (tertiary/aromatic N) is 1. The maximum absolute atomic E-state index is 9.60. The zero-order chi connectivity index (χ0) is 15.1. The lowest BCUT2D eigenvalue weighted by Crippen LogP contribution is -2.35. The van der Waals surface area contributed by atoms with Gasteiger partial charge in [0.05, 0.1) is 0 Å². The van der Waals surface area contributed by atoms with Gasteiger partial charge in [0.15, 0.2) is 0 Å². The molecule has 1 atom stereocenters. The summed E-state index contributed by atoms with van der Waals surface area (Å²) in [5.41, 5.74) is 1.33. The first kappa shape index (κ1) is 17.7. The number of rotatable bonds is 4. The summed E-state index contributed by atoms with van der Waals surface area (Å²) in [6.45, 7) is 6.70. The molecule has 1 N–H and O–H groups in total. The molecule has 1 aromatic carbocycles. The van der Waals surface area contributed by atoms with Crippen molar-refractivity contribution in [1.29, 1.82) is 0 Å². The Labute approximate surface area is 120 Å². The van der Waals surface area contributed by atoms with Gasteiger partial charge in [0.25, 0.3) is 0 Å². The van der Waals surface area contributed by atoms with E-state index in [1.165, 1.54) is 6.92 Å². The first-order valence-electron chi connectivity index (χ1n) is 6.06. The number of hydrogen-bond acceptors (Lipinski definition) is 2. The normalized spacial score (nSPS) is 13.2. The Morgan fingerprint density at radius 1 is 1.37 bits per heavy atom. The van der Waals surface area contributed by atoms with Crippen LogP contribution in [0.25, 0.3) is 0 Å². The minimum Gasteiger partial charge on any atom is -0.478 e. The van der Waals surface area contributed by atoms with Gasteiger partial charge in [-0.2, -0.15) is 0 Å². The molecule has 0 heterocycles. The Balaban J connectivity index is 0.000000459. The summed E-state index contributed by atoms with van der Waals surface area (Å²) in [5.74, 6) is -0.935. The molecule has 3 nitrogen and oxygen atoms in total. The van der Waals surface area contributed by atoms with Crippen molar-refractivity contribution >= 4 is 17.6 Å². The standard InChI is InChI=1S/C11H16ClN.C4H6O2/c1-4-11(12,13(2)3)10-8-6-5-7-9-10;1-3(2)4(5)6/h5-9H,4H2,1-3H3;1H2,2H3,(H,5,6). The van der Waals surface area contributed by atoms with Crippen LogP contribution in [0.1, 0.15) is 25.8 Å². The fraction of sp³-hybridized carbons (Fsp3) is 0.400. The molecule has 0 bridgehead atoms. The van der Waals surface area contributed by atoms with Crippen LogP contribution in [0.3, 0.4) is 0 Å². The lowest BCUT2D eigenvalue weighted by atomic mass is 10.0. The Morgan fingerprint density at radius 2 is 1.79 bits per heavy atom. The van der Waals surface area contributed by atoms with E-state index in [1.807, 2.05) is 37.2 Å². The van der Waals surface area contributed by atoms with E-state index < -0.39 is 5.97 Å². The topological polar surface area (TPSA) is 40.5 Å². The smallest absolute Gasteiger partial charge is 0.330 e. The molecule has 0 spiro atoms. The highest BCUT2D eigenvalue weighted by Gasteiger charge is 2.29. The number of benzene rings is 1. The van der Waals surface area contributed by atoms with Crippen LogP contribution in [0.4, 0.5) is 0 Å². The lowest BCUT2D eigenvalue weighted by molar-refractivity contribution is -0.132. The number of carbonyl (C=O) groups is 1. The van der Waals surface area contributed by atoms with Gasteiger partial charge in [-0.1, -0.05) is 55.4 Å². The molecule has 1 unspecified atom stereocenters. The molecule has 4 heteroatoms. The minimum atomic E-state index is -0.935. The second-order valence-corrected chi connectivity index (χ2v) is 5.08. The highest BCUT2D eigenvalue weighted by molar-refractivity contribution is 6.23. The number of halogens is 1. The molecule has 0 aromatic heterocycles. The van der Waals surface area contributed by atoms with Crippen LogP contribution in [-0.4, -0.2) is 30.1 Å². The van der Waals surface area contributed by atoms with Crippen molar-refractivity contribution in [2.75, 3.05) is 14.1 Å². The largest absolute Gasteiger partial charge is 0.478 e. The second kappa shape index (κ2) is 7.97. The van der Waals surface area contributed by atoms with Gasteiger partial charge >= 0.3 is 5.97 Å². The summed E-state index contributed by atoms with van der Waals surface area (Å²) in [4.78, 5) is 11.3. The molecule has 106 valence electrons. The number of aliphatic carboxylic acids is 1. The summed E-state index contributed by atoms with van der Waals surface area (Å²) >= 11 is 6.51. The van der Waals surface area contributed by atoms with Crippen LogP contribution >= 0.6 is 11.6 Å². The summed E-state index contributed by atoms with van der Waals surface area (Å²) in [6, 6.07) is 10.2. The predicted molar refractivity (Wildman–Crippen MR) is 80.4 cm³/mol. The molecule has 0 saturated heterocycles. The Morgan fingerprint density at radius 3 is 2.05 bits per heavy atom. The number of hydrogen-bond donors (Lipinski definition) is 1. The molecule has 0 amide bonds. The molecule has 0 saturated carbocycles. The fourth-order valence-corrected chi connectivity index (χ4v) is 1.60.